The number of amides is 2. The van der Waals surface area contributed by atoms with Gasteiger partial charge >= 0.3 is 0 Å². The zero-order valence-electron chi connectivity index (χ0n) is 12.2. The van der Waals surface area contributed by atoms with Gasteiger partial charge in [-0.1, -0.05) is 12.8 Å². The van der Waals surface area contributed by atoms with Crippen LogP contribution in [-0.2, 0) is 15.2 Å². The van der Waals surface area contributed by atoms with Gasteiger partial charge in [-0.3, -0.25) is 9.59 Å². The van der Waals surface area contributed by atoms with Crippen LogP contribution in [-0.4, -0.2) is 30.0 Å². The molecule has 1 heterocycles. The number of carbonyl (C=O) groups excluding carboxylic acids is 2. The molecule has 1 aliphatic rings. The summed E-state index contributed by atoms with van der Waals surface area (Å²) in [6.45, 7) is 1.52. The van der Waals surface area contributed by atoms with Gasteiger partial charge in [0.2, 0.25) is 11.8 Å². The average Bonchev–Trinajstić information content (AvgIpc) is 3.14. The highest BCUT2D eigenvalue weighted by molar-refractivity contribution is 5.85. The SMILES string of the molecule is CC(O)(CNC(=O)CNC(=O)C1CCCC1)c1ccco1. The maximum absolute atomic E-state index is 11.8. The number of aliphatic hydroxyl groups is 1. The summed E-state index contributed by atoms with van der Waals surface area (Å²) in [5.41, 5.74) is -1.27. The van der Waals surface area contributed by atoms with Crippen LogP contribution in [0.3, 0.4) is 0 Å². The molecule has 6 heteroatoms. The molecule has 1 atom stereocenters. The van der Waals surface area contributed by atoms with E-state index in [9.17, 15) is 14.7 Å². The van der Waals surface area contributed by atoms with Crippen LogP contribution in [0.5, 0.6) is 0 Å². The van der Waals surface area contributed by atoms with E-state index in [1.54, 1.807) is 19.1 Å². The van der Waals surface area contributed by atoms with Gasteiger partial charge in [0.25, 0.3) is 0 Å². The lowest BCUT2D eigenvalue weighted by Crippen LogP contribution is -2.44. The predicted molar refractivity (Wildman–Crippen MR) is 76.3 cm³/mol. The fraction of sp³-hybridized carbons (Fsp3) is 0.600. The molecule has 0 bridgehead atoms. The van der Waals surface area contributed by atoms with Gasteiger partial charge in [0.15, 0.2) is 0 Å². The van der Waals surface area contributed by atoms with E-state index in [1.165, 1.54) is 6.26 Å². The van der Waals surface area contributed by atoms with Gasteiger partial charge in [0.05, 0.1) is 19.4 Å². The molecule has 1 fully saturated rings. The maximum atomic E-state index is 11.8. The normalized spacial score (nSPS) is 18.2. The van der Waals surface area contributed by atoms with Gasteiger partial charge in [0, 0.05) is 5.92 Å². The zero-order valence-corrected chi connectivity index (χ0v) is 12.2. The van der Waals surface area contributed by atoms with Gasteiger partial charge in [0.1, 0.15) is 11.4 Å². The number of nitrogens with one attached hydrogen (secondary N) is 2. The Morgan fingerprint density at radius 1 is 1.38 bits per heavy atom. The minimum atomic E-state index is -1.27. The van der Waals surface area contributed by atoms with Crippen LogP contribution in [0.15, 0.2) is 22.8 Å². The summed E-state index contributed by atoms with van der Waals surface area (Å²) in [4.78, 5) is 23.5. The summed E-state index contributed by atoms with van der Waals surface area (Å²) in [7, 11) is 0. The molecule has 6 nitrogen and oxygen atoms in total. The Morgan fingerprint density at radius 3 is 2.71 bits per heavy atom. The van der Waals surface area contributed by atoms with Crippen molar-refractivity contribution in [3.05, 3.63) is 24.2 Å². The fourth-order valence-corrected chi connectivity index (χ4v) is 2.51. The van der Waals surface area contributed by atoms with E-state index >= 15 is 0 Å². The number of rotatable bonds is 6. The largest absolute Gasteiger partial charge is 0.466 e. The highest BCUT2D eigenvalue weighted by Crippen LogP contribution is 2.24. The summed E-state index contributed by atoms with van der Waals surface area (Å²) < 4.78 is 5.13. The van der Waals surface area contributed by atoms with Gasteiger partial charge in [-0.05, 0) is 31.9 Å². The molecule has 1 saturated carbocycles. The lowest BCUT2D eigenvalue weighted by Gasteiger charge is -2.21. The van der Waals surface area contributed by atoms with E-state index in [1.807, 2.05) is 0 Å². The standard InChI is InChI=1S/C15H22N2O4/c1-15(20,12-7-4-8-21-12)10-17-13(18)9-16-14(19)11-5-2-3-6-11/h4,7-8,11,20H,2-3,5-6,9-10H2,1H3,(H,16,19)(H,17,18). The topological polar surface area (TPSA) is 91.6 Å². The number of furan rings is 1. The van der Waals surface area contributed by atoms with Crippen LogP contribution < -0.4 is 10.6 Å². The highest BCUT2D eigenvalue weighted by atomic mass is 16.4. The fourth-order valence-electron chi connectivity index (χ4n) is 2.51. The third kappa shape index (κ3) is 4.32. The summed E-state index contributed by atoms with van der Waals surface area (Å²) >= 11 is 0. The second kappa shape index (κ2) is 6.76. The van der Waals surface area contributed by atoms with E-state index in [4.69, 9.17) is 4.42 Å². The predicted octanol–water partition coefficient (Wildman–Crippen LogP) is 0.910. The molecule has 0 spiro atoms. The van der Waals surface area contributed by atoms with Crippen molar-refractivity contribution < 1.29 is 19.1 Å². The van der Waals surface area contributed by atoms with Crippen molar-refractivity contribution in [1.29, 1.82) is 0 Å². The van der Waals surface area contributed by atoms with Crippen LogP contribution in [0.2, 0.25) is 0 Å². The van der Waals surface area contributed by atoms with E-state index in [0.29, 0.717) is 5.76 Å². The average molecular weight is 294 g/mol. The van der Waals surface area contributed by atoms with Gasteiger partial charge in [-0.15, -0.1) is 0 Å². The number of hydrogen-bond acceptors (Lipinski definition) is 4. The third-order valence-corrected chi connectivity index (χ3v) is 3.83. The van der Waals surface area contributed by atoms with Crippen LogP contribution in [0.4, 0.5) is 0 Å². The van der Waals surface area contributed by atoms with Gasteiger partial charge < -0.3 is 20.2 Å². The van der Waals surface area contributed by atoms with Crippen molar-refractivity contribution in [3.63, 3.8) is 0 Å². The Morgan fingerprint density at radius 2 is 2.10 bits per heavy atom. The molecular formula is C15H22N2O4. The van der Waals surface area contributed by atoms with Crippen molar-refractivity contribution in [2.75, 3.05) is 13.1 Å². The number of hydrogen-bond donors (Lipinski definition) is 3. The Labute approximate surface area is 123 Å². The second-order valence-corrected chi connectivity index (χ2v) is 5.73. The van der Waals surface area contributed by atoms with E-state index < -0.39 is 5.60 Å². The lowest BCUT2D eigenvalue weighted by molar-refractivity contribution is -0.128. The van der Waals surface area contributed by atoms with Crippen molar-refractivity contribution in [1.82, 2.24) is 10.6 Å². The molecule has 0 aliphatic heterocycles. The van der Waals surface area contributed by atoms with Crippen LogP contribution >= 0.6 is 0 Å². The lowest BCUT2D eigenvalue weighted by atomic mass is 10.0. The summed E-state index contributed by atoms with van der Waals surface area (Å²) in [6, 6.07) is 3.32. The van der Waals surface area contributed by atoms with E-state index in [-0.39, 0.29) is 30.8 Å². The maximum Gasteiger partial charge on any atom is 0.239 e. The summed E-state index contributed by atoms with van der Waals surface area (Å²) in [5.74, 6) is 0.0513. The Balaban J connectivity index is 1.71. The molecule has 2 rings (SSSR count). The van der Waals surface area contributed by atoms with Crippen LogP contribution in [0.25, 0.3) is 0 Å². The van der Waals surface area contributed by atoms with Gasteiger partial charge in [-0.25, -0.2) is 0 Å². The van der Waals surface area contributed by atoms with Crippen molar-refractivity contribution >= 4 is 11.8 Å². The van der Waals surface area contributed by atoms with E-state index in [2.05, 4.69) is 10.6 Å². The quantitative estimate of drug-likeness (QED) is 0.727. The Kier molecular flexibility index (Phi) is 5.01. The Bertz CT molecular complexity index is 476. The molecule has 2 amide bonds. The number of carbonyl (C=O) groups is 2. The molecule has 116 valence electrons. The summed E-state index contributed by atoms with van der Waals surface area (Å²) in [5, 5.41) is 15.4. The molecule has 1 aromatic heterocycles. The first-order chi connectivity index (χ1) is 9.99. The second-order valence-electron chi connectivity index (χ2n) is 5.73. The molecule has 1 aromatic rings. The molecule has 1 unspecified atom stereocenters. The minimum absolute atomic E-state index is 0.0264. The first-order valence-electron chi connectivity index (χ1n) is 7.30. The summed E-state index contributed by atoms with van der Waals surface area (Å²) in [6.07, 6.45) is 5.43. The zero-order chi connectivity index (χ0) is 15.3. The van der Waals surface area contributed by atoms with Crippen LogP contribution in [0.1, 0.15) is 38.4 Å². The molecular weight excluding hydrogens is 272 g/mol. The highest BCUT2D eigenvalue weighted by Gasteiger charge is 2.27. The third-order valence-electron chi connectivity index (χ3n) is 3.83. The first-order valence-corrected chi connectivity index (χ1v) is 7.30. The molecule has 1 aliphatic carbocycles. The minimum Gasteiger partial charge on any atom is -0.466 e. The van der Waals surface area contributed by atoms with Crippen LogP contribution in [0, 0.1) is 5.92 Å². The molecule has 0 aromatic carbocycles. The van der Waals surface area contributed by atoms with Crippen molar-refractivity contribution in [3.8, 4) is 0 Å². The smallest absolute Gasteiger partial charge is 0.239 e. The van der Waals surface area contributed by atoms with Gasteiger partial charge in [-0.2, -0.15) is 0 Å². The molecule has 21 heavy (non-hydrogen) atoms. The molecule has 0 saturated heterocycles. The van der Waals surface area contributed by atoms with Crippen molar-refractivity contribution in [2.24, 2.45) is 5.92 Å². The Hall–Kier alpha value is -1.82. The molecule has 3 N–H and O–H groups in total. The van der Waals surface area contributed by atoms with Crippen molar-refractivity contribution in [2.45, 2.75) is 38.2 Å². The first kappa shape index (κ1) is 15.6. The van der Waals surface area contributed by atoms with E-state index in [0.717, 1.165) is 25.7 Å². The monoisotopic (exact) mass is 294 g/mol. The molecule has 0 radical (unpaired) electrons.